The maximum absolute atomic E-state index is 10.6. The SMILES string of the molecule is CC(=O)NCCCN1CCC(C(C)O)C1. The molecule has 88 valence electrons. The van der Waals surface area contributed by atoms with Gasteiger partial charge in [0.05, 0.1) is 6.10 Å². The van der Waals surface area contributed by atoms with Gasteiger partial charge in [-0.15, -0.1) is 0 Å². The molecule has 0 aromatic carbocycles. The Morgan fingerprint density at radius 2 is 2.40 bits per heavy atom. The van der Waals surface area contributed by atoms with Gasteiger partial charge in [0.15, 0.2) is 0 Å². The number of nitrogens with one attached hydrogen (secondary N) is 1. The highest BCUT2D eigenvalue weighted by atomic mass is 16.3. The molecular weight excluding hydrogens is 192 g/mol. The van der Waals surface area contributed by atoms with Gasteiger partial charge < -0.3 is 15.3 Å². The van der Waals surface area contributed by atoms with Crippen LogP contribution in [0, 0.1) is 5.92 Å². The molecule has 4 nitrogen and oxygen atoms in total. The topological polar surface area (TPSA) is 52.6 Å². The largest absolute Gasteiger partial charge is 0.393 e. The van der Waals surface area contributed by atoms with Gasteiger partial charge >= 0.3 is 0 Å². The number of hydrogen-bond acceptors (Lipinski definition) is 3. The third-order valence-corrected chi connectivity index (χ3v) is 3.02. The highest BCUT2D eigenvalue weighted by Crippen LogP contribution is 2.19. The molecule has 1 amide bonds. The number of hydrogen-bond donors (Lipinski definition) is 2. The maximum Gasteiger partial charge on any atom is 0.216 e. The number of nitrogens with zero attached hydrogens (tertiary/aromatic N) is 1. The zero-order chi connectivity index (χ0) is 11.3. The summed E-state index contributed by atoms with van der Waals surface area (Å²) in [6.07, 6.45) is 1.90. The van der Waals surface area contributed by atoms with Crippen LogP contribution in [-0.4, -0.2) is 48.2 Å². The van der Waals surface area contributed by atoms with E-state index in [9.17, 15) is 9.90 Å². The molecule has 1 saturated heterocycles. The first-order valence-electron chi connectivity index (χ1n) is 5.74. The van der Waals surface area contributed by atoms with Crippen molar-refractivity contribution in [3.8, 4) is 0 Å². The first-order chi connectivity index (χ1) is 7.09. The molecule has 1 heterocycles. The van der Waals surface area contributed by atoms with Crippen LogP contribution in [0.2, 0.25) is 0 Å². The molecule has 0 saturated carbocycles. The van der Waals surface area contributed by atoms with Crippen molar-refractivity contribution in [3.05, 3.63) is 0 Å². The van der Waals surface area contributed by atoms with E-state index >= 15 is 0 Å². The van der Waals surface area contributed by atoms with Gasteiger partial charge in [0.25, 0.3) is 0 Å². The summed E-state index contributed by atoms with van der Waals surface area (Å²) < 4.78 is 0. The molecule has 1 rings (SSSR count). The van der Waals surface area contributed by atoms with Crippen LogP contribution in [0.5, 0.6) is 0 Å². The second kappa shape index (κ2) is 6.08. The summed E-state index contributed by atoms with van der Waals surface area (Å²) in [7, 11) is 0. The van der Waals surface area contributed by atoms with Gasteiger partial charge in [0.2, 0.25) is 5.91 Å². The fourth-order valence-electron chi connectivity index (χ4n) is 2.03. The van der Waals surface area contributed by atoms with Gasteiger partial charge in [-0.1, -0.05) is 0 Å². The molecule has 0 aromatic rings. The summed E-state index contributed by atoms with van der Waals surface area (Å²) in [4.78, 5) is 13.0. The van der Waals surface area contributed by atoms with Crippen LogP contribution >= 0.6 is 0 Å². The molecule has 0 aliphatic carbocycles. The van der Waals surface area contributed by atoms with Gasteiger partial charge in [-0.2, -0.15) is 0 Å². The van der Waals surface area contributed by atoms with Crippen LogP contribution < -0.4 is 5.32 Å². The lowest BCUT2D eigenvalue weighted by atomic mass is 10.0. The summed E-state index contributed by atoms with van der Waals surface area (Å²) in [6, 6.07) is 0. The average molecular weight is 214 g/mol. The highest BCUT2D eigenvalue weighted by Gasteiger charge is 2.25. The molecule has 0 bridgehead atoms. The Hall–Kier alpha value is -0.610. The molecule has 1 fully saturated rings. The number of rotatable bonds is 5. The summed E-state index contributed by atoms with van der Waals surface area (Å²) in [5.41, 5.74) is 0. The number of amides is 1. The summed E-state index contributed by atoms with van der Waals surface area (Å²) in [5.74, 6) is 0.476. The fraction of sp³-hybridized carbons (Fsp3) is 0.909. The minimum atomic E-state index is -0.189. The zero-order valence-corrected chi connectivity index (χ0v) is 9.70. The van der Waals surface area contributed by atoms with Gasteiger partial charge in [0.1, 0.15) is 0 Å². The average Bonchev–Trinajstić information content (AvgIpc) is 2.60. The predicted octanol–water partition coefficient (Wildman–Crippen LogP) is 0.215. The van der Waals surface area contributed by atoms with Crippen molar-refractivity contribution in [2.24, 2.45) is 5.92 Å². The van der Waals surface area contributed by atoms with E-state index in [4.69, 9.17) is 0 Å². The number of likely N-dealkylation sites (tertiary alicyclic amines) is 1. The molecule has 0 spiro atoms. The first-order valence-corrected chi connectivity index (χ1v) is 5.74. The lowest BCUT2D eigenvalue weighted by Crippen LogP contribution is -2.28. The molecular formula is C11H22N2O2. The molecule has 1 aliphatic heterocycles. The van der Waals surface area contributed by atoms with E-state index in [0.717, 1.165) is 39.0 Å². The summed E-state index contributed by atoms with van der Waals surface area (Å²) >= 11 is 0. The molecule has 2 N–H and O–H groups in total. The van der Waals surface area contributed by atoms with Crippen molar-refractivity contribution in [1.82, 2.24) is 10.2 Å². The predicted molar refractivity (Wildman–Crippen MR) is 59.5 cm³/mol. The Bertz CT molecular complexity index is 207. The van der Waals surface area contributed by atoms with Gasteiger partial charge in [-0.05, 0) is 38.8 Å². The molecule has 4 heteroatoms. The van der Waals surface area contributed by atoms with E-state index in [0.29, 0.717) is 5.92 Å². The van der Waals surface area contributed by atoms with Crippen molar-refractivity contribution in [2.75, 3.05) is 26.2 Å². The van der Waals surface area contributed by atoms with Crippen LogP contribution in [0.3, 0.4) is 0 Å². The molecule has 15 heavy (non-hydrogen) atoms. The smallest absolute Gasteiger partial charge is 0.216 e. The molecule has 0 aromatic heterocycles. The minimum Gasteiger partial charge on any atom is -0.393 e. The molecule has 2 atom stereocenters. The van der Waals surface area contributed by atoms with Crippen LogP contribution in [-0.2, 0) is 4.79 Å². The van der Waals surface area contributed by atoms with E-state index in [2.05, 4.69) is 10.2 Å². The van der Waals surface area contributed by atoms with Gasteiger partial charge in [-0.25, -0.2) is 0 Å². The van der Waals surface area contributed by atoms with Crippen molar-refractivity contribution in [3.63, 3.8) is 0 Å². The van der Waals surface area contributed by atoms with E-state index in [1.165, 1.54) is 0 Å². The van der Waals surface area contributed by atoms with E-state index in [1.807, 2.05) is 6.92 Å². The normalized spacial score (nSPS) is 24.1. The second-order valence-electron chi connectivity index (χ2n) is 4.43. The second-order valence-corrected chi connectivity index (χ2v) is 4.43. The Morgan fingerprint density at radius 1 is 1.67 bits per heavy atom. The van der Waals surface area contributed by atoms with Crippen LogP contribution in [0.1, 0.15) is 26.7 Å². The molecule has 2 unspecified atom stereocenters. The summed E-state index contributed by atoms with van der Waals surface area (Å²) in [5, 5.41) is 12.2. The molecule has 1 aliphatic rings. The fourth-order valence-corrected chi connectivity index (χ4v) is 2.03. The van der Waals surface area contributed by atoms with Gasteiger partial charge in [0, 0.05) is 20.0 Å². The Labute approximate surface area is 91.6 Å². The third kappa shape index (κ3) is 4.62. The van der Waals surface area contributed by atoms with Crippen molar-refractivity contribution in [2.45, 2.75) is 32.8 Å². The van der Waals surface area contributed by atoms with Gasteiger partial charge in [-0.3, -0.25) is 4.79 Å². The Balaban J connectivity index is 2.06. The first kappa shape index (κ1) is 12.5. The van der Waals surface area contributed by atoms with E-state index in [-0.39, 0.29) is 12.0 Å². The third-order valence-electron chi connectivity index (χ3n) is 3.02. The van der Waals surface area contributed by atoms with Crippen LogP contribution in [0.4, 0.5) is 0 Å². The number of aliphatic hydroxyl groups excluding tert-OH is 1. The van der Waals surface area contributed by atoms with Crippen molar-refractivity contribution in [1.29, 1.82) is 0 Å². The quantitative estimate of drug-likeness (QED) is 0.644. The van der Waals surface area contributed by atoms with Crippen LogP contribution in [0.15, 0.2) is 0 Å². The summed E-state index contributed by atoms with van der Waals surface area (Å²) in [6.45, 7) is 7.26. The lowest BCUT2D eigenvalue weighted by Gasteiger charge is -2.17. The number of carbonyl (C=O) groups excluding carboxylic acids is 1. The zero-order valence-electron chi connectivity index (χ0n) is 9.70. The standard InChI is InChI=1S/C11H22N2O2/c1-9(14)11-4-7-13(8-11)6-3-5-12-10(2)15/h9,11,14H,3-8H2,1-2H3,(H,12,15). The lowest BCUT2D eigenvalue weighted by molar-refractivity contribution is -0.118. The van der Waals surface area contributed by atoms with E-state index < -0.39 is 0 Å². The number of aliphatic hydroxyl groups is 1. The highest BCUT2D eigenvalue weighted by molar-refractivity contribution is 5.72. The maximum atomic E-state index is 10.6. The van der Waals surface area contributed by atoms with Crippen molar-refractivity contribution < 1.29 is 9.90 Å². The van der Waals surface area contributed by atoms with Crippen molar-refractivity contribution >= 4 is 5.91 Å². The Kier molecular flexibility index (Phi) is 5.05. The monoisotopic (exact) mass is 214 g/mol. The molecule has 0 radical (unpaired) electrons. The minimum absolute atomic E-state index is 0.0401. The Morgan fingerprint density at radius 3 is 2.93 bits per heavy atom. The van der Waals surface area contributed by atoms with Crippen LogP contribution in [0.25, 0.3) is 0 Å². The van der Waals surface area contributed by atoms with E-state index in [1.54, 1.807) is 6.92 Å². The number of carbonyl (C=O) groups is 1.